The molecule has 0 aliphatic carbocycles. The van der Waals surface area contributed by atoms with Crippen LogP contribution in [-0.4, -0.2) is 26.2 Å². The van der Waals surface area contributed by atoms with Crippen LogP contribution >= 0.6 is 0 Å². The van der Waals surface area contributed by atoms with Crippen molar-refractivity contribution in [1.29, 1.82) is 0 Å². The van der Waals surface area contributed by atoms with E-state index in [1.54, 1.807) is 18.2 Å². The van der Waals surface area contributed by atoms with E-state index in [0.717, 1.165) is 5.56 Å². The molecule has 4 N–H and O–H groups in total. The number of esters is 1. The fraction of sp³-hybridized carbons (Fsp3) is 0.364. The predicted molar refractivity (Wildman–Crippen MR) is 61.1 cm³/mol. The molecule has 0 amide bonds. The van der Waals surface area contributed by atoms with E-state index in [1.165, 1.54) is 14.2 Å². The number of carbonyl (C=O) groups excluding carboxylic acids is 1. The summed E-state index contributed by atoms with van der Waals surface area (Å²) in [5, 5.41) is 0. The fourth-order valence-electron chi connectivity index (χ4n) is 1.37. The third-order valence-corrected chi connectivity index (χ3v) is 2.26. The van der Waals surface area contributed by atoms with Gasteiger partial charge >= 0.3 is 5.97 Å². The van der Waals surface area contributed by atoms with Crippen molar-refractivity contribution in [3.8, 4) is 5.75 Å². The summed E-state index contributed by atoms with van der Waals surface area (Å²) in [7, 11) is 2.85. The first kappa shape index (κ1) is 12.3. The van der Waals surface area contributed by atoms with Crippen LogP contribution in [0, 0.1) is 0 Å². The van der Waals surface area contributed by atoms with E-state index in [1.807, 2.05) is 0 Å². The maximum Gasteiger partial charge on any atom is 0.322 e. The Morgan fingerprint density at radius 2 is 2.12 bits per heavy atom. The van der Waals surface area contributed by atoms with Gasteiger partial charge in [0.15, 0.2) is 0 Å². The lowest BCUT2D eigenvalue weighted by Crippen LogP contribution is -2.33. The van der Waals surface area contributed by atoms with E-state index in [0.29, 0.717) is 17.9 Å². The molecule has 1 rings (SSSR count). The van der Waals surface area contributed by atoms with Crippen LogP contribution in [0.5, 0.6) is 5.75 Å². The maximum atomic E-state index is 11.1. The van der Waals surface area contributed by atoms with E-state index >= 15 is 0 Å². The van der Waals surface area contributed by atoms with Gasteiger partial charge in [-0.3, -0.25) is 4.79 Å². The van der Waals surface area contributed by atoms with Crippen molar-refractivity contribution in [2.24, 2.45) is 5.73 Å². The number of hydrogen-bond donors (Lipinski definition) is 2. The molecule has 0 fully saturated rings. The molecule has 0 saturated carbocycles. The third-order valence-electron chi connectivity index (χ3n) is 2.26. The molecule has 16 heavy (non-hydrogen) atoms. The molecule has 1 aromatic rings. The van der Waals surface area contributed by atoms with Gasteiger partial charge in [0.2, 0.25) is 0 Å². The topological polar surface area (TPSA) is 87.6 Å². The zero-order valence-electron chi connectivity index (χ0n) is 9.40. The van der Waals surface area contributed by atoms with Gasteiger partial charge in [-0.2, -0.15) is 0 Å². The van der Waals surface area contributed by atoms with E-state index in [4.69, 9.17) is 16.2 Å². The summed E-state index contributed by atoms with van der Waals surface area (Å²) >= 11 is 0. The molecular formula is C11H16N2O3. The van der Waals surface area contributed by atoms with E-state index in [2.05, 4.69) is 4.74 Å². The smallest absolute Gasteiger partial charge is 0.322 e. The average Bonchev–Trinajstić information content (AvgIpc) is 2.30. The van der Waals surface area contributed by atoms with Gasteiger partial charge in [-0.1, -0.05) is 6.07 Å². The Kier molecular flexibility index (Phi) is 4.13. The number of carbonyl (C=O) groups is 1. The molecule has 5 nitrogen and oxygen atoms in total. The first-order valence-electron chi connectivity index (χ1n) is 4.84. The number of hydrogen-bond acceptors (Lipinski definition) is 5. The van der Waals surface area contributed by atoms with Gasteiger partial charge in [-0.25, -0.2) is 0 Å². The second kappa shape index (κ2) is 5.37. The highest BCUT2D eigenvalue weighted by molar-refractivity contribution is 5.75. The summed E-state index contributed by atoms with van der Waals surface area (Å²) in [4.78, 5) is 11.1. The second-order valence-electron chi connectivity index (χ2n) is 3.41. The normalized spacial score (nSPS) is 11.9. The molecule has 0 aliphatic heterocycles. The van der Waals surface area contributed by atoms with Gasteiger partial charge in [-0.05, 0) is 24.1 Å². The van der Waals surface area contributed by atoms with Gasteiger partial charge in [-0.15, -0.1) is 0 Å². The summed E-state index contributed by atoms with van der Waals surface area (Å²) < 4.78 is 9.62. The van der Waals surface area contributed by atoms with Crippen molar-refractivity contribution in [3.63, 3.8) is 0 Å². The minimum absolute atomic E-state index is 0.392. The fourth-order valence-corrected chi connectivity index (χ4v) is 1.37. The quantitative estimate of drug-likeness (QED) is 0.568. The number of ether oxygens (including phenoxy) is 2. The second-order valence-corrected chi connectivity index (χ2v) is 3.41. The predicted octanol–water partition coefficient (Wildman–Crippen LogP) is 0.320. The van der Waals surface area contributed by atoms with E-state index in [-0.39, 0.29) is 0 Å². The summed E-state index contributed by atoms with van der Waals surface area (Å²) in [5.74, 6) is 0.144. The molecule has 5 heteroatoms. The highest BCUT2D eigenvalue weighted by atomic mass is 16.5. The molecule has 0 spiro atoms. The lowest BCUT2D eigenvalue weighted by molar-refractivity contribution is -0.142. The van der Waals surface area contributed by atoms with Crippen LogP contribution in [0.15, 0.2) is 18.2 Å². The van der Waals surface area contributed by atoms with Crippen molar-refractivity contribution in [1.82, 2.24) is 0 Å². The molecule has 88 valence electrons. The van der Waals surface area contributed by atoms with Crippen LogP contribution < -0.4 is 16.2 Å². The standard InChI is InChI=1S/C11H16N2O3/c1-15-10-6-7(3-4-8(10)12)5-9(13)11(14)16-2/h3-4,6,9H,5,12-13H2,1-2H3/t9-/m1/s1. The summed E-state index contributed by atoms with van der Waals surface area (Å²) in [5.41, 5.74) is 12.7. The molecule has 1 aromatic carbocycles. The molecule has 0 heterocycles. The number of anilines is 1. The van der Waals surface area contributed by atoms with Crippen LogP contribution in [0.1, 0.15) is 5.56 Å². The van der Waals surface area contributed by atoms with Crippen LogP contribution in [-0.2, 0) is 16.0 Å². The summed E-state index contributed by atoms with van der Waals surface area (Å²) in [6.07, 6.45) is 0.392. The molecule has 0 bridgehead atoms. The minimum atomic E-state index is -0.668. The highest BCUT2D eigenvalue weighted by Crippen LogP contribution is 2.22. The molecule has 0 aliphatic rings. The molecule has 1 atom stereocenters. The number of methoxy groups -OCH3 is 2. The first-order chi connectivity index (χ1) is 7.58. The van der Waals surface area contributed by atoms with Crippen LogP contribution in [0.3, 0.4) is 0 Å². The Labute approximate surface area is 94.3 Å². The van der Waals surface area contributed by atoms with Gasteiger partial charge in [0, 0.05) is 0 Å². The maximum absolute atomic E-state index is 11.1. The molecule has 0 unspecified atom stereocenters. The van der Waals surface area contributed by atoms with Crippen LogP contribution in [0.25, 0.3) is 0 Å². The lowest BCUT2D eigenvalue weighted by atomic mass is 10.1. The largest absolute Gasteiger partial charge is 0.495 e. The van der Waals surface area contributed by atoms with Crippen molar-refractivity contribution in [2.75, 3.05) is 20.0 Å². The molecular weight excluding hydrogens is 208 g/mol. The van der Waals surface area contributed by atoms with Crippen LogP contribution in [0.4, 0.5) is 5.69 Å². The van der Waals surface area contributed by atoms with Crippen LogP contribution in [0.2, 0.25) is 0 Å². The number of rotatable bonds is 4. The van der Waals surface area contributed by atoms with Crippen molar-refractivity contribution >= 4 is 11.7 Å². The molecule has 0 radical (unpaired) electrons. The average molecular weight is 224 g/mol. The zero-order valence-corrected chi connectivity index (χ0v) is 9.40. The van der Waals surface area contributed by atoms with Gasteiger partial charge in [0.1, 0.15) is 11.8 Å². The highest BCUT2D eigenvalue weighted by Gasteiger charge is 2.14. The Morgan fingerprint density at radius 3 is 2.69 bits per heavy atom. The summed E-state index contributed by atoms with van der Waals surface area (Å²) in [6.45, 7) is 0. The minimum Gasteiger partial charge on any atom is -0.495 e. The van der Waals surface area contributed by atoms with Gasteiger partial charge < -0.3 is 20.9 Å². The lowest BCUT2D eigenvalue weighted by Gasteiger charge is -2.11. The SMILES string of the molecule is COC(=O)[C@H](N)Cc1ccc(N)c(OC)c1. The number of nitrogen functional groups attached to an aromatic ring is 1. The van der Waals surface area contributed by atoms with Gasteiger partial charge in [0.05, 0.1) is 19.9 Å². The van der Waals surface area contributed by atoms with Gasteiger partial charge in [0.25, 0.3) is 0 Å². The number of nitrogens with two attached hydrogens (primary N) is 2. The third kappa shape index (κ3) is 2.87. The molecule has 0 saturated heterocycles. The van der Waals surface area contributed by atoms with E-state index in [9.17, 15) is 4.79 Å². The van der Waals surface area contributed by atoms with Crippen molar-refractivity contribution < 1.29 is 14.3 Å². The van der Waals surface area contributed by atoms with Crippen molar-refractivity contribution in [2.45, 2.75) is 12.5 Å². The Morgan fingerprint density at radius 1 is 1.44 bits per heavy atom. The zero-order chi connectivity index (χ0) is 12.1. The monoisotopic (exact) mass is 224 g/mol. The Hall–Kier alpha value is -1.75. The Bertz CT molecular complexity index is 379. The Balaban J connectivity index is 2.78. The first-order valence-corrected chi connectivity index (χ1v) is 4.84. The number of benzene rings is 1. The van der Waals surface area contributed by atoms with E-state index < -0.39 is 12.0 Å². The summed E-state index contributed by atoms with van der Waals surface area (Å²) in [6, 6.07) is 4.62. The van der Waals surface area contributed by atoms with Crippen molar-refractivity contribution in [3.05, 3.63) is 23.8 Å². The molecule has 0 aromatic heterocycles.